The van der Waals surface area contributed by atoms with E-state index < -0.39 is 0 Å². The molecule has 0 bridgehead atoms. The van der Waals surface area contributed by atoms with E-state index in [1.165, 1.54) is 103 Å². The molecule has 0 aliphatic carbocycles. The van der Waals surface area contributed by atoms with Gasteiger partial charge in [0.15, 0.2) is 0 Å². The minimum Gasteiger partial charge on any atom is -0.465 e. The Balaban J connectivity index is 0. The molecule has 0 spiro atoms. The van der Waals surface area contributed by atoms with Crippen LogP contribution in [0, 0.1) is 11.3 Å². The van der Waals surface area contributed by atoms with Gasteiger partial charge in [0.05, 0.1) is 19.8 Å². The molecule has 0 amide bonds. The summed E-state index contributed by atoms with van der Waals surface area (Å²) >= 11 is 0. The van der Waals surface area contributed by atoms with Crippen LogP contribution in [0.4, 0.5) is 0 Å². The fourth-order valence-electron chi connectivity index (χ4n) is 3.72. The number of aliphatic hydroxyl groups excluding tert-OH is 2. The summed E-state index contributed by atoms with van der Waals surface area (Å²) in [7, 11) is 0. The number of carbonyl (C=O) groups is 1. The van der Waals surface area contributed by atoms with Crippen molar-refractivity contribution in [1.82, 2.24) is 0 Å². The number of ether oxygens (including phenoxy) is 1. The van der Waals surface area contributed by atoms with E-state index in [2.05, 4.69) is 34.6 Å². The van der Waals surface area contributed by atoms with Gasteiger partial charge in [-0.3, -0.25) is 4.79 Å². The van der Waals surface area contributed by atoms with Crippen molar-refractivity contribution < 1.29 is 19.7 Å². The first-order valence-corrected chi connectivity index (χ1v) is 13.7. The summed E-state index contributed by atoms with van der Waals surface area (Å²) < 4.78 is 5.54. The first kappa shape index (κ1) is 33.6. The van der Waals surface area contributed by atoms with Gasteiger partial charge in [0, 0.05) is 6.42 Å². The quantitative estimate of drug-likeness (QED) is 0.144. The van der Waals surface area contributed by atoms with Crippen molar-refractivity contribution in [3.63, 3.8) is 0 Å². The van der Waals surface area contributed by atoms with Crippen LogP contribution in [0.2, 0.25) is 0 Å². The lowest BCUT2D eigenvalue weighted by molar-refractivity contribution is -0.147. The Morgan fingerprint density at radius 1 is 0.688 bits per heavy atom. The van der Waals surface area contributed by atoms with Crippen LogP contribution in [0.25, 0.3) is 0 Å². The number of hydrogen-bond acceptors (Lipinski definition) is 4. The highest BCUT2D eigenvalue weighted by molar-refractivity contribution is 5.69. The zero-order valence-electron chi connectivity index (χ0n) is 22.4. The zero-order valence-corrected chi connectivity index (χ0v) is 22.4. The van der Waals surface area contributed by atoms with E-state index in [-0.39, 0.29) is 24.6 Å². The second-order valence-corrected chi connectivity index (χ2v) is 10.6. The average Bonchev–Trinajstić information content (AvgIpc) is 2.76. The maximum Gasteiger partial charge on any atom is 0.306 e. The molecule has 0 saturated carbocycles. The Bertz CT molecular complexity index is 374. The molecule has 32 heavy (non-hydrogen) atoms. The van der Waals surface area contributed by atoms with Crippen molar-refractivity contribution in [3.8, 4) is 0 Å². The number of unbranched alkanes of at least 4 members (excludes halogenated alkanes) is 12. The van der Waals surface area contributed by atoms with E-state index in [0.29, 0.717) is 18.9 Å². The summed E-state index contributed by atoms with van der Waals surface area (Å²) in [6.07, 6.45) is 21.9. The number of hydrogen-bond donors (Lipinski definition) is 2. The summed E-state index contributed by atoms with van der Waals surface area (Å²) in [6.45, 7) is 11.2. The maximum atomic E-state index is 12.3. The van der Waals surface area contributed by atoms with Gasteiger partial charge in [-0.05, 0) is 24.2 Å². The first-order valence-electron chi connectivity index (χ1n) is 13.7. The topological polar surface area (TPSA) is 66.8 Å². The Morgan fingerprint density at radius 2 is 1.06 bits per heavy atom. The van der Waals surface area contributed by atoms with Crippen LogP contribution in [0.3, 0.4) is 0 Å². The molecule has 0 rings (SSSR count). The largest absolute Gasteiger partial charge is 0.465 e. The van der Waals surface area contributed by atoms with Crippen LogP contribution in [-0.2, 0) is 9.53 Å². The lowest BCUT2D eigenvalue weighted by Gasteiger charge is -2.20. The third kappa shape index (κ3) is 29.4. The third-order valence-corrected chi connectivity index (χ3v) is 5.65. The molecule has 0 aromatic rings. The van der Waals surface area contributed by atoms with Crippen molar-refractivity contribution in [2.45, 2.75) is 144 Å². The molecule has 0 aromatic heterocycles. The number of rotatable bonds is 20. The molecule has 4 nitrogen and oxygen atoms in total. The van der Waals surface area contributed by atoms with Gasteiger partial charge in [0.1, 0.15) is 0 Å². The molecule has 4 heteroatoms. The Labute approximate surface area is 200 Å². The summed E-state index contributed by atoms with van der Waals surface area (Å²) in [4.78, 5) is 12.3. The Kier molecular flexibility index (Phi) is 26.2. The van der Waals surface area contributed by atoms with E-state index in [4.69, 9.17) is 14.9 Å². The van der Waals surface area contributed by atoms with E-state index >= 15 is 0 Å². The standard InChI is InChI=1S/C26H52O2.C2H6O2/c1-6-8-10-12-14-15-17-19-21-24(20-18-16-13-11-9-7-2)22-25(27)28-23-26(3,4)5;3-1-2-4/h24H,6-23H2,1-5H3;3-4H,1-2H2. The average molecular weight is 459 g/mol. The van der Waals surface area contributed by atoms with E-state index in [1.54, 1.807) is 0 Å². The summed E-state index contributed by atoms with van der Waals surface area (Å²) in [6, 6.07) is 0. The second kappa shape index (κ2) is 25.0. The fraction of sp³-hybridized carbons (Fsp3) is 0.964. The summed E-state index contributed by atoms with van der Waals surface area (Å²) in [5.74, 6) is 0.546. The predicted molar refractivity (Wildman–Crippen MR) is 138 cm³/mol. The van der Waals surface area contributed by atoms with Crippen molar-refractivity contribution in [2.24, 2.45) is 11.3 Å². The van der Waals surface area contributed by atoms with Crippen LogP contribution in [-0.4, -0.2) is 36.0 Å². The van der Waals surface area contributed by atoms with E-state index in [0.717, 1.165) is 0 Å². The minimum atomic E-state index is -0.125. The van der Waals surface area contributed by atoms with Gasteiger partial charge in [0.25, 0.3) is 0 Å². The van der Waals surface area contributed by atoms with Crippen LogP contribution >= 0.6 is 0 Å². The number of esters is 1. The Hall–Kier alpha value is -0.610. The van der Waals surface area contributed by atoms with Gasteiger partial charge in [-0.2, -0.15) is 0 Å². The highest BCUT2D eigenvalue weighted by Gasteiger charge is 2.18. The van der Waals surface area contributed by atoms with Gasteiger partial charge in [-0.15, -0.1) is 0 Å². The minimum absolute atomic E-state index is 0.0190. The van der Waals surface area contributed by atoms with E-state index in [1.807, 2.05) is 0 Å². The molecule has 194 valence electrons. The molecule has 2 N–H and O–H groups in total. The van der Waals surface area contributed by atoms with Crippen LogP contribution in [0.5, 0.6) is 0 Å². The van der Waals surface area contributed by atoms with Gasteiger partial charge in [-0.25, -0.2) is 0 Å². The third-order valence-electron chi connectivity index (χ3n) is 5.65. The maximum absolute atomic E-state index is 12.3. The first-order chi connectivity index (χ1) is 15.3. The van der Waals surface area contributed by atoms with Crippen molar-refractivity contribution in [2.75, 3.05) is 19.8 Å². The van der Waals surface area contributed by atoms with Crippen LogP contribution < -0.4 is 0 Å². The fourth-order valence-corrected chi connectivity index (χ4v) is 3.72. The SMILES string of the molecule is CCCCCCCCCCC(CCCCCCCC)CC(=O)OCC(C)(C)C.OCCO. The monoisotopic (exact) mass is 458 g/mol. The Morgan fingerprint density at radius 3 is 1.41 bits per heavy atom. The molecule has 0 fully saturated rings. The predicted octanol–water partition coefficient (Wildman–Crippen LogP) is 7.83. The van der Waals surface area contributed by atoms with Crippen molar-refractivity contribution in [3.05, 3.63) is 0 Å². The van der Waals surface area contributed by atoms with Crippen molar-refractivity contribution in [1.29, 1.82) is 0 Å². The van der Waals surface area contributed by atoms with Gasteiger partial charge >= 0.3 is 5.97 Å². The molecule has 1 atom stereocenters. The summed E-state index contributed by atoms with van der Waals surface area (Å²) in [5, 5.41) is 15.2. The van der Waals surface area contributed by atoms with Crippen LogP contribution in [0.1, 0.15) is 144 Å². The van der Waals surface area contributed by atoms with Crippen molar-refractivity contribution >= 4 is 5.97 Å². The molecule has 0 aliphatic rings. The summed E-state index contributed by atoms with van der Waals surface area (Å²) in [5.41, 5.74) is 0.0577. The molecular weight excluding hydrogens is 400 g/mol. The molecular formula is C28H58O4. The van der Waals surface area contributed by atoms with Gasteiger partial charge < -0.3 is 14.9 Å². The molecule has 0 aromatic carbocycles. The smallest absolute Gasteiger partial charge is 0.306 e. The second-order valence-electron chi connectivity index (χ2n) is 10.6. The highest BCUT2D eigenvalue weighted by atomic mass is 16.5. The molecule has 0 saturated heterocycles. The lowest BCUT2D eigenvalue weighted by Crippen LogP contribution is -2.20. The van der Waals surface area contributed by atoms with Crippen LogP contribution in [0.15, 0.2) is 0 Å². The highest BCUT2D eigenvalue weighted by Crippen LogP contribution is 2.23. The zero-order chi connectivity index (χ0) is 24.5. The van der Waals surface area contributed by atoms with E-state index in [9.17, 15) is 4.79 Å². The molecule has 0 heterocycles. The number of aliphatic hydroxyl groups is 2. The number of carbonyl (C=O) groups excluding carboxylic acids is 1. The molecule has 0 aliphatic heterocycles. The lowest BCUT2D eigenvalue weighted by atomic mass is 9.91. The van der Waals surface area contributed by atoms with Gasteiger partial charge in [0.2, 0.25) is 0 Å². The van der Waals surface area contributed by atoms with Gasteiger partial charge in [-0.1, -0.05) is 125 Å². The molecule has 0 radical (unpaired) electrons. The normalized spacial score (nSPS) is 12.2. The molecule has 1 unspecified atom stereocenters.